The molecule has 0 radical (unpaired) electrons. The molecule has 0 spiro atoms. The first-order chi connectivity index (χ1) is 9.92. The zero-order chi connectivity index (χ0) is 15.5. The predicted molar refractivity (Wildman–Crippen MR) is 70.3 cm³/mol. The second-order valence-electron chi connectivity index (χ2n) is 4.29. The van der Waals surface area contributed by atoms with Crippen LogP contribution in [0.25, 0.3) is 0 Å². The predicted octanol–water partition coefficient (Wildman–Crippen LogP) is 0.530. The molecule has 7 nitrogen and oxygen atoms in total. The molecule has 114 valence electrons. The number of benzene rings is 1. The molecule has 1 aromatic carbocycles. The maximum Gasteiger partial charge on any atom is 0.240 e. The van der Waals surface area contributed by atoms with E-state index in [1.807, 2.05) is 0 Å². The molecule has 0 saturated carbocycles. The fraction of sp³-hybridized carbons (Fsp3) is 0.333. The minimum Gasteiger partial charge on any atom is -0.392 e. The van der Waals surface area contributed by atoms with Gasteiger partial charge in [-0.15, -0.1) is 0 Å². The third kappa shape index (κ3) is 3.84. The summed E-state index contributed by atoms with van der Waals surface area (Å²) >= 11 is 0. The molecule has 2 aromatic rings. The third-order valence-electron chi connectivity index (χ3n) is 2.70. The van der Waals surface area contributed by atoms with Gasteiger partial charge in [0.1, 0.15) is 5.82 Å². The van der Waals surface area contributed by atoms with Crippen LogP contribution in [0.1, 0.15) is 17.3 Å². The van der Waals surface area contributed by atoms with Crippen molar-refractivity contribution in [3.63, 3.8) is 0 Å². The van der Waals surface area contributed by atoms with E-state index in [2.05, 4.69) is 14.9 Å². The van der Waals surface area contributed by atoms with Crippen molar-refractivity contribution in [1.29, 1.82) is 0 Å². The summed E-state index contributed by atoms with van der Waals surface area (Å²) in [6.07, 6.45) is 0.244. The van der Waals surface area contributed by atoms with Gasteiger partial charge in [-0.25, -0.2) is 17.5 Å². The minimum absolute atomic E-state index is 0.0653. The van der Waals surface area contributed by atoms with Gasteiger partial charge in [0.25, 0.3) is 0 Å². The molecule has 21 heavy (non-hydrogen) atoms. The zero-order valence-electron chi connectivity index (χ0n) is 11.2. The summed E-state index contributed by atoms with van der Waals surface area (Å²) in [6.45, 7) is 1.15. The summed E-state index contributed by atoms with van der Waals surface area (Å²) in [5, 5.41) is 12.5. The van der Waals surface area contributed by atoms with Gasteiger partial charge >= 0.3 is 0 Å². The number of hydrogen-bond acceptors (Lipinski definition) is 6. The highest BCUT2D eigenvalue weighted by Gasteiger charge is 2.16. The maximum absolute atomic E-state index is 13.2. The van der Waals surface area contributed by atoms with Gasteiger partial charge in [-0.3, -0.25) is 0 Å². The Morgan fingerprint density at radius 1 is 1.43 bits per heavy atom. The van der Waals surface area contributed by atoms with Crippen molar-refractivity contribution < 1.29 is 22.4 Å². The van der Waals surface area contributed by atoms with Gasteiger partial charge in [-0.2, -0.15) is 4.98 Å². The number of rotatable bonds is 6. The smallest absolute Gasteiger partial charge is 0.240 e. The molecule has 0 aliphatic carbocycles. The summed E-state index contributed by atoms with van der Waals surface area (Å²) < 4.78 is 44.5. The number of aromatic nitrogens is 2. The lowest BCUT2D eigenvalue weighted by atomic mass is 10.2. The lowest BCUT2D eigenvalue weighted by Gasteiger charge is -2.07. The average Bonchev–Trinajstić information content (AvgIpc) is 2.84. The summed E-state index contributed by atoms with van der Waals surface area (Å²) in [7, 11) is -3.79. The van der Waals surface area contributed by atoms with E-state index >= 15 is 0 Å². The van der Waals surface area contributed by atoms with Crippen LogP contribution < -0.4 is 4.72 Å². The van der Waals surface area contributed by atoms with Gasteiger partial charge in [0, 0.05) is 18.5 Å². The molecule has 0 saturated heterocycles. The van der Waals surface area contributed by atoms with Gasteiger partial charge in [0.05, 0.1) is 11.5 Å². The maximum atomic E-state index is 13.2. The fourth-order valence-electron chi connectivity index (χ4n) is 1.66. The van der Waals surface area contributed by atoms with Gasteiger partial charge < -0.3 is 9.63 Å². The van der Waals surface area contributed by atoms with E-state index in [1.54, 1.807) is 6.92 Å². The first kappa shape index (κ1) is 15.5. The van der Waals surface area contributed by atoms with Gasteiger partial charge in [-0.05, 0) is 25.1 Å². The molecule has 0 atom stereocenters. The number of nitrogens with zero attached hydrogens (tertiary/aromatic N) is 2. The number of nitrogens with one attached hydrogen (secondary N) is 1. The van der Waals surface area contributed by atoms with E-state index < -0.39 is 22.4 Å². The van der Waals surface area contributed by atoms with Crippen molar-refractivity contribution in [2.24, 2.45) is 0 Å². The SMILES string of the molecule is Cc1noc(CCNS(=O)(=O)c2ccc(F)c(CO)c2)n1. The summed E-state index contributed by atoms with van der Waals surface area (Å²) in [5.41, 5.74) is -0.0783. The van der Waals surface area contributed by atoms with Crippen LogP contribution in [0, 0.1) is 12.7 Å². The Hall–Kier alpha value is -1.84. The van der Waals surface area contributed by atoms with Crippen LogP contribution in [-0.2, 0) is 23.1 Å². The molecule has 1 aromatic heterocycles. The molecule has 9 heteroatoms. The van der Waals surface area contributed by atoms with Crippen LogP contribution >= 0.6 is 0 Å². The Bertz CT molecular complexity index is 730. The summed E-state index contributed by atoms with van der Waals surface area (Å²) in [5.74, 6) is 0.141. The van der Waals surface area contributed by atoms with Crippen LogP contribution in [0.3, 0.4) is 0 Å². The van der Waals surface area contributed by atoms with Crippen molar-refractivity contribution in [2.45, 2.75) is 24.8 Å². The molecule has 1 heterocycles. The van der Waals surface area contributed by atoms with E-state index in [4.69, 9.17) is 9.63 Å². The number of aryl methyl sites for hydroxylation is 1. The molecule has 2 rings (SSSR count). The third-order valence-corrected chi connectivity index (χ3v) is 4.16. The van der Waals surface area contributed by atoms with E-state index in [1.165, 1.54) is 0 Å². The summed E-state index contributed by atoms with van der Waals surface area (Å²) in [6, 6.07) is 3.23. The Morgan fingerprint density at radius 3 is 2.81 bits per heavy atom. The van der Waals surface area contributed by atoms with Gasteiger partial charge in [-0.1, -0.05) is 5.16 Å². The molecule has 0 aliphatic heterocycles. The highest BCUT2D eigenvalue weighted by Crippen LogP contribution is 2.15. The molecule has 2 N–H and O–H groups in total. The van der Waals surface area contributed by atoms with E-state index in [-0.39, 0.29) is 23.4 Å². The van der Waals surface area contributed by atoms with Crippen molar-refractivity contribution >= 4 is 10.0 Å². The highest BCUT2D eigenvalue weighted by molar-refractivity contribution is 7.89. The van der Waals surface area contributed by atoms with Gasteiger partial charge in [0.15, 0.2) is 5.82 Å². The van der Waals surface area contributed by atoms with Crippen molar-refractivity contribution in [1.82, 2.24) is 14.9 Å². The van der Waals surface area contributed by atoms with Crippen LogP contribution in [0.5, 0.6) is 0 Å². The molecular formula is C12H14FN3O4S. The lowest BCUT2D eigenvalue weighted by Crippen LogP contribution is -2.26. The number of aliphatic hydroxyl groups is 1. The average molecular weight is 315 g/mol. The lowest BCUT2D eigenvalue weighted by molar-refractivity contribution is 0.275. The Morgan fingerprint density at radius 2 is 2.19 bits per heavy atom. The Balaban J connectivity index is 2.04. The highest BCUT2D eigenvalue weighted by atomic mass is 32.2. The van der Waals surface area contributed by atoms with Crippen molar-refractivity contribution in [3.8, 4) is 0 Å². The molecule has 0 bridgehead atoms. The monoisotopic (exact) mass is 315 g/mol. The van der Waals surface area contributed by atoms with Gasteiger partial charge in [0.2, 0.25) is 15.9 Å². The number of halogens is 1. The van der Waals surface area contributed by atoms with E-state index in [0.717, 1.165) is 18.2 Å². The minimum atomic E-state index is -3.79. The largest absolute Gasteiger partial charge is 0.392 e. The Labute approximate surface area is 120 Å². The quantitative estimate of drug-likeness (QED) is 0.805. The molecule has 0 unspecified atom stereocenters. The van der Waals surface area contributed by atoms with Crippen molar-refractivity contribution in [3.05, 3.63) is 41.3 Å². The second-order valence-corrected chi connectivity index (χ2v) is 6.06. The normalized spacial score (nSPS) is 11.8. The number of hydrogen-bond donors (Lipinski definition) is 2. The molecule has 0 aliphatic rings. The Kier molecular flexibility index (Phi) is 4.66. The van der Waals surface area contributed by atoms with Crippen LogP contribution in [-0.4, -0.2) is 30.2 Å². The number of aliphatic hydroxyl groups excluding tert-OH is 1. The summed E-state index contributed by atoms with van der Waals surface area (Å²) in [4.78, 5) is 3.83. The molecular weight excluding hydrogens is 301 g/mol. The topological polar surface area (TPSA) is 105 Å². The molecule has 0 fully saturated rings. The van der Waals surface area contributed by atoms with E-state index in [9.17, 15) is 12.8 Å². The zero-order valence-corrected chi connectivity index (χ0v) is 12.0. The fourth-order valence-corrected chi connectivity index (χ4v) is 2.74. The van der Waals surface area contributed by atoms with Crippen LogP contribution in [0.2, 0.25) is 0 Å². The molecule has 0 amide bonds. The first-order valence-electron chi connectivity index (χ1n) is 6.10. The van der Waals surface area contributed by atoms with Crippen molar-refractivity contribution in [2.75, 3.05) is 6.54 Å². The van der Waals surface area contributed by atoms with E-state index in [0.29, 0.717) is 11.7 Å². The second kappa shape index (κ2) is 6.29. The van der Waals surface area contributed by atoms with Crippen LogP contribution in [0.4, 0.5) is 4.39 Å². The van der Waals surface area contributed by atoms with Crippen LogP contribution in [0.15, 0.2) is 27.6 Å². The number of sulfonamides is 1. The standard InChI is InChI=1S/C12H14FN3O4S/c1-8-15-12(20-16-8)4-5-14-21(18,19)10-2-3-11(13)9(6-10)7-17/h2-3,6,14,17H,4-5,7H2,1H3. The first-order valence-corrected chi connectivity index (χ1v) is 7.59.